The first-order valence-electron chi connectivity index (χ1n) is 4.65. The van der Waals surface area contributed by atoms with Crippen LogP contribution in [0.5, 0.6) is 0 Å². The SMILES string of the molecule is O=C(Nc1cc[c-]nc1)c1ccccc1F.[Y]. The zero-order valence-corrected chi connectivity index (χ0v) is 11.7. The molecule has 0 aliphatic rings. The van der Waals surface area contributed by atoms with Gasteiger partial charge in [0.15, 0.2) is 0 Å². The van der Waals surface area contributed by atoms with E-state index in [1.54, 1.807) is 18.2 Å². The van der Waals surface area contributed by atoms with Crippen molar-refractivity contribution in [1.82, 2.24) is 4.98 Å². The minimum atomic E-state index is -0.546. The van der Waals surface area contributed by atoms with Crippen molar-refractivity contribution in [2.75, 3.05) is 5.32 Å². The second kappa shape index (κ2) is 6.57. The van der Waals surface area contributed by atoms with Crippen molar-refractivity contribution < 1.29 is 41.9 Å². The van der Waals surface area contributed by atoms with Gasteiger partial charge in [-0.25, -0.2) is 4.39 Å². The van der Waals surface area contributed by atoms with Gasteiger partial charge in [-0.15, -0.1) is 6.07 Å². The monoisotopic (exact) mass is 304 g/mol. The van der Waals surface area contributed by atoms with E-state index in [4.69, 9.17) is 0 Å². The molecule has 0 saturated carbocycles. The number of carbonyl (C=O) groups is 1. The summed E-state index contributed by atoms with van der Waals surface area (Å²) in [4.78, 5) is 15.4. The summed E-state index contributed by atoms with van der Waals surface area (Å²) in [6.45, 7) is 0. The quantitative estimate of drug-likeness (QED) is 0.865. The second-order valence-electron chi connectivity index (χ2n) is 3.11. The summed E-state index contributed by atoms with van der Waals surface area (Å²) >= 11 is 0. The first-order valence-corrected chi connectivity index (χ1v) is 4.65. The summed E-state index contributed by atoms with van der Waals surface area (Å²) in [6.07, 6.45) is 4.02. The van der Waals surface area contributed by atoms with E-state index in [1.165, 1.54) is 24.4 Å². The number of amides is 1. The number of anilines is 1. The Bertz CT molecular complexity index is 505. The maximum Gasteiger partial charge on any atom is 0.256 e. The smallest absolute Gasteiger partial charge is 0.256 e. The topological polar surface area (TPSA) is 42.0 Å². The van der Waals surface area contributed by atoms with Crippen molar-refractivity contribution in [2.45, 2.75) is 0 Å². The molecule has 1 radical (unpaired) electrons. The van der Waals surface area contributed by atoms with Crippen LogP contribution in [-0.2, 0) is 32.7 Å². The van der Waals surface area contributed by atoms with Crippen LogP contribution in [0.15, 0.2) is 42.6 Å². The van der Waals surface area contributed by atoms with Crippen molar-refractivity contribution in [3.8, 4) is 0 Å². The van der Waals surface area contributed by atoms with Gasteiger partial charge in [0.25, 0.3) is 5.91 Å². The van der Waals surface area contributed by atoms with Crippen LogP contribution < -0.4 is 5.32 Å². The normalized spacial score (nSPS) is 9.24. The predicted octanol–water partition coefficient (Wildman–Crippen LogP) is 2.27. The maximum atomic E-state index is 13.3. The number of halogens is 1. The molecule has 1 amide bonds. The molecule has 1 N–H and O–H groups in total. The zero-order chi connectivity index (χ0) is 11.4. The van der Waals surface area contributed by atoms with E-state index in [-0.39, 0.29) is 38.3 Å². The Morgan fingerprint density at radius 3 is 2.71 bits per heavy atom. The third-order valence-electron chi connectivity index (χ3n) is 1.99. The van der Waals surface area contributed by atoms with Gasteiger partial charge in [0.1, 0.15) is 5.82 Å². The Morgan fingerprint density at radius 1 is 1.29 bits per heavy atom. The largest absolute Gasteiger partial charge is 0.392 e. The minimum Gasteiger partial charge on any atom is -0.392 e. The van der Waals surface area contributed by atoms with Crippen LogP contribution in [0.1, 0.15) is 10.4 Å². The Morgan fingerprint density at radius 2 is 2.06 bits per heavy atom. The molecular formula is C12H8FN2OY-. The molecule has 0 aliphatic heterocycles. The molecule has 0 atom stereocenters. The summed E-state index contributed by atoms with van der Waals surface area (Å²) < 4.78 is 13.3. The average molecular weight is 304 g/mol. The number of nitrogens with zero attached hydrogens (tertiary/aromatic N) is 1. The van der Waals surface area contributed by atoms with Gasteiger partial charge in [-0.3, -0.25) is 4.79 Å². The standard InChI is InChI=1S/C12H8FN2O.Y/c13-11-6-2-1-5-10(11)12(16)15-9-4-3-7-14-8-9;/h1-6,8H,(H,15,16);/q-1;. The maximum absolute atomic E-state index is 13.3. The molecule has 0 aliphatic carbocycles. The molecule has 1 aromatic carbocycles. The summed E-state index contributed by atoms with van der Waals surface area (Å²) in [7, 11) is 0. The number of hydrogen-bond acceptors (Lipinski definition) is 2. The van der Waals surface area contributed by atoms with Crippen LogP contribution in [0, 0.1) is 12.0 Å². The Kier molecular flexibility index (Phi) is 5.39. The molecule has 0 saturated heterocycles. The van der Waals surface area contributed by atoms with Crippen LogP contribution in [0.2, 0.25) is 0 Å². The van der Waals surface area contributed by atoms with E-state index in [0.717, 1.165) is 0 Å². The van der Waals surface area contributed by atoms with Gasteiger partial charge in [-0.2, -0.15) is 6.07 Å². The van der Waals surface area contributed by atoms with E-state index in [2.05, 4.69) is 16.5 Å². The van der Waals surface area contributed by atoms with E-state index in [9.17, 15) is 9.18 Å². The number of pyridine rings is 1. The Labute approximate surface area is 123 Å². The molecule has 1 heterocycles. The second-order valence-corrected chi connectivity index (χ2v) is 3.11. The van der Waals surface area contributed by atoms with E-state index in [0.29, 0.717) is 5.69 Å². The molecule has 0 bridgehead atoms. The molecule has 0 fully saturated rings. The summed E-state index contributed by atoms with van der Waals surface area (Å²) in [5.74, 6) is -1.04. The summed E-state index contributed by atoms with van der Waals surface area (Å²) in [5.41, 5.74) is 0.516. The molecule has 0 unspecified atom stereocenters. The van der Waals surface area contributed by atoms with E-state index in [1.807, 2.05) is 0 Å². The van der Waals surface area contributed by atoms with E-state index >= 15 is 0 Å². The molecule has 1 aromatic heterocycles. The average Bonchev–Trinajstić information content (AvgIpc) is 2.31. The summed E-state index contributed by atoms with van der Waals surface area (Å²) in [5, 5.41) is 2.54. The molecule has 5 heteroatoms. The van der Waals surface area contributed by atoms with Gasteiger partial charge in [-0.05, 0) is 12.1 Å². The Balaban J connectivity index is 0.00000144. The van der Waals surface area contributed by atoms with Crippen molar-refractivity contribution in [1.29, 1.82) is 0 Å². The molecule has 3 nitrogen and oxygen atoms in total. The number of carbonyl (C=O) groups excluding carboxylic acids is 1. The van der Waals surface area contributed by atoms with Gasteiger partial charge >= 0.3 is 0 Å². The van der Waals surface area contributed by atoms with Gasteiger partial charge in [0.2, 0.25) is 0 Å². The molecular weight excluding hydrogens is 296 g/mol. The summed E-state index contributed by atoms with van der Waals surface area (Å²) in [6, 6.07) is 9.00. The number of aromatic nitrogens is 1. The third-order valence-corrected chi connectivity index (χ3v) is 1.99. The first-order chi connectivity index (χ1) is 7.77. The number of rotatable bonds is 2. The number of hydrogen-bond donors (Lipinski definition) is 1. The van der Waals surface area contributed by atoms with Crippen molar-refractivity contribution in [3.63, 3.8) is 0 Å². The fraction of sp³-hybridized carbons (Fsp3) is 0. The molecule has 2 aromatic rings. The zero-order valence-electron chi connectivity index (χ0n) is 8.85. The fourth-order valence-electron chi connectivity index (χ4n) is 1.24. The molecule has 0 spiro atoms. The first kappa shape index (κ1) is 13.9. The molecule has 2 rings (SSSR count). The van der Waals surface area contributed by atoms with Crippen molar-refractivity contribution >= 4 is 11.6 Å². The molecule has 83 valence electrons. The minimum absolute atomic E-state index is 0. The van der Waals surface area contributed by atoms with Crippen molar-refractivity contribution in [3.05, 3.63) is 60.2 Å². The van der Waals surface area contributed by atoms with Crippen LogP contribution in [0.3, 0.4) is 0 Å². The van der Waals surface area contributed by atoms with Crippen molar-refractivity contribution in [2.24, 2.45) is 0 Å². The van der Waals surface area contributed by atoms with Crippen LogP contribution in [0.25, 0.3) is 0 Å². The molecule has 17 heavy (non-hydrogen) atoms. The number of benzene rings is 1. The number of nitrogens with one attached hydrogen (secondary N) is 1. The van der Waals surface area contributed by atoms with Gasteiger partial charge < -0.3 is 10.3 Å². The van der Waals surface area contributed by atoms with Crippen LogP contribution in [0.4, 0.5) is 10.1 Å². The Hall–Kier alpha value is -1.13. The van der Waals surface area contributed by atoms with Crippen LogP contribution >= 0.6 is 0 Å². The van der Waals surface area contributed by atoms with Gasteiger partial charge in [0, 0.05) is 32.7 Å². The predicted molar refractivity (Wildman–Crippen MR) is 57.4 cm³/mol. The van der Waals surface area contributed by atoms with Gasteiger partial charge in [0.05, 0.1) is 5.56 Å². The van der Waals surface area contributed by atoms with E-state index < -0.39 is 11.7 Å². The fourth-order valence-corrected chi connectivity index (χ4v) is 1.24. The van der Waals surface area contributed by atoms with Crippen LogP contribution in [-0.4, -0.2) is 10.9 Å². The van der Waals surface area contributed by atoms with Gasteiger partial charge in [-0.1, -0.05) is 30.2 Å². The third kappa shape index (κ3) is 3.68.